The van der Waals surface area contributed by atoms with Crippen LogP contribution in [-0.4, -0.2) is 18.1 Å². The van der Waals surface area contributed by atoms with Gasteiger partial charge in [-0.2, -0.15) is 0 Å². The normalized spacial score (nSPS) is 9.30. The van der Waals surface area contributed by atoms with Gasteiger partial charge in [-0.1, -0.05) is 0 Å². The Morgan fingerprint density at radius 1 is 1.70 bits per heavy atom. The second-order valence-corrected chi connectivity index (χ2v) is 1.82. The van der Waals surface area contributed by atoms with Crippen molar-refractivity contribution in [2.24, 2.45) is 0 Å². The third kappa shape index (κ3) is 0.953. The van der Waals surface area contributed by atoms with Gasteiger partial charge in [-0.05, 0) is 0 Å². The van der Waals surface area contributed by atoms with Crippen molar-refractivity contribution in [2.45, 2.75) is 0 Å². The lowest BCUT2D eigenvalue weighted by Crippen LogP contribution is -2.02. The third-order valence-electron chi connectivity index (χ3n) is 1.18. The van der Waals surface area contributed by atoms with Gasteiger partial charge in [0.2, 0.25) is 0 Å². The lowest BCUT2D eigenvalue weighted by atomic mass is 10.3. The van der Waals surface area contributed by atoms with Crippen molar-refractivity contribution in [3.63, 3.8) is 0 Å². The van der Waals surface area contributed by atoms with Gasteiger partial charge >= 0.3 is 5.97 Å². The third-order valence-corrected chi connectivity index (χ3v) is 1.18. The first kappa shape index (κ1) is 6.67. The second kappa shape index (κ2) is 2.43. The summed E-state index contributed by atoms with van der Waals surface area (Å²) < 4.78 is 4.44. The van der Waals surface area contributed by atoms with Gasteiger partial charge in [0.05, 0.1) is 18.4 Å². The number of anilines is 1. The zero-order chi connectivity index (χ0) is 7.56. The number of esters is 1. The van der Waals surface area contributed by atoms with Gasteiger partial charge in [0, 0.05) is 12.4 Å². The van der Waals surface area contributed by atoms with Crippen LogP contribution in [0.15, 0.2) is 12.4 Å². The van der Waals surface area contributed by atoms with Crippen LogP contribution in [0.1, 0.15) is 10.4 Å². The number of rotatable bonds is 1. The maximum atomic E-state index is 10.8. The van der Waals surface area contributed by atoms with Crippen molar-refractivity contribution in [3.05, 3.63) is 18.0 Å². The molecule has 0 saturated heterocycles. The van der Waals surface area contributed by atoms with Gasteiger partial charge < -0.3 is 15.5 Å². The van der Waals surface area contributed by atoms with Crippen LogP contribution in [0.25, 0.3) is 0 Å². The molecule has 4 nitrogen and oxygen atoms in total. The zero-order valence-electron chi connectivity index (χ0n) is 5.55. The van der Waals surface area contributed by atoms with E-state index in [1.54, 1.807) is 0 Å². The highest BCUT2D eigenvalue weighted by Crippen LogP contribution is 2.09. The first-order valence-electron chi connectivity index (χ1n) is 2.76. The Labute approximate surface area is 58.0 Å². The van der Waals surface area contributed by atoms with E-state index in [-0.39, 0.29) is 0 Å². The van der Waals surface area contributed by atoms with Crippen molar-refractivity contribution in [1.29, 1.82) is 0 Å². The fraction of sp³-hybridized carbons (Fsp3) is 0.167. The number of nitrogen functional groups attached to an aromatic ring is 1. The zero-order valence-corrected chi connectivity index (χ0v) is 5.55. The highest BCUT2D eigenvalue weighted by molar-refractivity contribution is 5.94. The molecule has 0 aliphatic heterocycles. The standard InChI is InChI=1S/C6H8N2O2/c1-10-6(9)4-2-8-3-5(4)7/h2-3,8H,7H2,1H3. The van der Waals surface area contributed by atoms with Gasteiger partial charge in [-0.3, -0.25) is 0 Å². The largest absolute Gasteiger partial charge is 0.465 e. The number of ether oxygens (including phenoxy) is 1. The molecule has 54 valence electrons. The quantitative estimate of drug-likeness (QED) is 0.554. The van der Waals surface area contributed by atoms with Gasteiger partial charge in [-0.15, -0.1) is 0 Å². The number of aromatic amines is 1. The van der Waals surface area contributed by atoms with E-state index in [1.165, 1.54) is 19.5 Å². The molecule has 1 aromatic rings. The highest BCUT2D eigenvalue weighted by Gasteiger charge is 2.08. The molecule has 3 N–H and O–H groups in total. The predicted molar refractivity (Wildman–Crippen MR) is 36.5 cm³/mol. The van der Waals surface area contributed by atoms with E-state index in [9.17, 15) is 4.79 Å². The number of carbonyl (C=O) groups excluding carboxylic acids is 1. The number of aromatic nitrogens is 1. The van der Waals surface area contributed by atoms with E-state index in [2.05, 4.69) is 9.72 Å². The first-order valence-corrected chi connectivity index (χ1v) is 2.76. The van der Waals surface area contributed by atoms with Crippen LogP contribution in [0.5, 0.6) is 0 Å². The SMILES string of the molecule is COC(=O)c1c[nH]cc1N. The second-order valence-electron chi connectivity index (χ2n) is 1.82. The van der Waals surface area contributed by atoms with Crippen molar-refractivity contribution in [1.82, 2.24) is 4.98 Å². The average molecular weight is 140 g/mol. The Hall–Kier alpha value is -1.45. The van der Waals surface area contributed by atoms with Crippen LogP contribution in [-0.2, 0) is 4.74 Å². The average Bonchev–Trinajstić information content (AvgIpc) is 2.34. The number of hydrogen-bond acceptors (Lipinski definition) is 3. The van der Waals surface area contributed by atoms with Gasteiger partial charge in [0.25, 0.3) is 0 Å². The monoisotopic (exact) mass is 140 g/mol. The van der Waals surface area contributed by atoms with Crippen molar-refractivity contribution >= 4 is 11.7 Å². The van der Waals surface area contributed by atoms with Crippen LogP contribution in [0.3, 0.4) is 0 Å². The minimum Gasteiger partial charge on any atom is -0.465 e. The maximum absolute atomic E-state index is 10.8. The summed E-state index contributed by atoms with van der Waals surface area (Å²) in [6.07, 6.45) is 3.04. The molecule has 0 unspecified atom stereocenters. The highest BCUT2D eigenvalue weighted by atomic mass is 16.5. The fourth-order valence-corrected chi connectivity index (χ4v) is 0.663. The molecule has 0 aromatic carbocycles. The Morgan fingerprint density at radius 3 is 2.80 bits per heavy atom. The molecule has 0 fully saturated rings. The summed E-state index contributed by atoms with van der Waals surface area (Å²) in [5.74, 6) is -0.418. The molecule has 1 rings (SSSR count). The van der Waals surface area contributed by atoms with E-state index in [0.29, 0.717) is 11.3 Å². The van der Waals surface area contributed by atoms with Crippen molar-refractivity contribution < 1.29 is 9.53 Å². The molecule has 4 heteroatoms. The maximum Gasteiger partial charge on any atom is 0.341 e. The topological polar surface area (TPSA) is 68.1 Å². The minimum absolute atomic E-state index is 0.377. The lowest BCUT2D eigenvalue weighted by molar-refractivity contribution is 0.0602. The Morgan fingerprint density at radius 2 is 2.40 bits per heavy atom. The summed E-state index contributed by atoms with van der Waals surface area (Å²) in [7, 11) is 1.31. The van der Waals surface area contributed by atoms with Crippen LogP contribution < -0.4 is 5.73 Å². The number of H-pyrrole nitrogens is 1. The van der Waals surface area contributed by atoms with Gasteiger partial charge in [0.1, 0.15) is 0 Å². The van der Waals surface area contributed by atoms with E-state index in [0.717, 1.165) is 0 Å². The van der Waals surface area contributed by atoms with Gasteiger partial charge in [0.15, 0.2) is 0 Å². The molecular formula is C6H8N2O2. The summed E-state index contributed by atoms with van der Waals surface area (Å²) in [6.45, 7) is 0. The van der Waals surface area contributed by atoms with Crippen LogP contribution in [0, 0.1) is 0 Å². The molecule has 0 atom stereocenters. The van der Waals surface area contributed by atoms with Crippen LogP contribution in [0.4, 0.5) is 5.69 Å². The molecule has 10 heavy (non-hydrogen) atoms. The van der Waals surface area contributed by atoms with Crippen LogP contribution >= 0.6 is 0 Å². The number of nitrogens with one attached hydrogen (secondary N) is 1. The van der Waals surface area contributed by atoms with Crippen molar-refractivity contribution in [3.8, 4) is 0 Å². The fourth-order valence-electron chi connectivity index (χ4n) is 0.663. The number of nitrogens with two attached hydrogens (primary N) is 1. The predicted octanol–water partition coefficient (Wildman–Crippen LogP) is 0.384. The molecule has 0 spiro atoms. The van der Waals surface area contributed by atoms with Crippen molar-refractivity contribution in [2.75, 3.05) is 12.8 Å². The Balaban J connectivity index is 2.93. The first-order chi connectivity index (χ1) is 4.75. The Bertz CT molecular complexity index is 242. The van der Waals surface area contributed by atoms with E-state index < -0.39 is 5.97 Å². The molecule has 0 bridgehead atoms. The Kier molecular flexibility index (Phi) is 1.62. The van der Waals surface area contributed by atoms with Crippen LogP contribution in [0.2, 0.25) is 0 Å². The molecule has 0 amide bonds. The summed E-state index contributed by atoms with van der Waals surface area (Å²) >= 11 is 0. The minimum atomic E-state index is -0.418. The number of methoxy groups -OCH3 is 1. The molecule has 1 aromatic heterocycles. The summed E-state index contributed by atoms with van der Waals surface area (Å²) in [6, 6.07) is 0. The van der Waals surface area contributed by atoms with E-state index in [4.69, 9.17) is 5.73 Å². The molecule has 1 heterocycles. The molecule has 0 aliphatic rings. The molecular weight excluding hydrogens is 132 g/mol. The van der Waals surface area contributed by atoms with E-state index in [1.807, 2.05) is 0 Å². The summed E-state index contributed by atoms with van der Waals surface area (Å²) in [4.78, 5) is 13.5. The molecule has 0 radical (unpaired) electrons. The molecule has 0 aliphatic carbocycles. The smallest absolute Gasteiger partial charge is 0.341 e. The summed E-state index contributed by atoms with van der Waals surface area (Å²) in [5.41, 5.74) is 6.17. The lowest BCUT2D eigenvalue weighted by Gasteiger charge is -1.94. The number of carbonyl (C=O) groups is 1. The van der Waals surface area contributed by atoms with E-state index >= 15 is 0 Å². The molecule has 0 saturated carbocycles. The van der Waals surface area contributed by atoms with Gasteiger partial charge in [-0.25, -0.2) is 4.79 Å². The summed E-state index contributed by atoms with van der Waals surface area (Å²) in [5, 5.41) is 0. The number of hydrogen-bond donors (Lipinski definition) is 2.